The molecule has 8 nitrogen and oxygen atoms in total. The summed E-state index contributed by atoms with van der Waals surface area (Å²) in [6.07, 6.45) is 4.99. The van der Waals surface area contributed by atoms with Gasteiger partial charge in [0.1, 0.15) is 0 Å². The maximum absolute atomic E-state index is 4.84. The largest absolute Gasteiger partial charge is 0.353 e. The van der Waals surface area contributed by atoms with Crippen molar-refractivity contribution >= 4 is 22.9 Å². The van der Waals surface area contributed by atoms with E-state index in [4.69, 9.17) is 14.6 Å². The molecule has 0 bridgehead atoms. The molecule has 1 atom stereocenters. The second kappa shape index (κ2) is 6.51. The zero-order valence-corrected chi connectivity index (χ0v) is 14.5. The van der Waals surface area contributed by atoms with Crippen molar-refractivity contribution in [2.45, 2.75) is 38.6 Å². The molecule has 0 amide bonds. The van der Waals surface area contributed by atoms with Gasteiger partial charge in [-0.1, -0.05) is 12.8 Å². The number of piperazine rings is 1. The maximum atomic E-state index is 4.84. The summed E-state index contributed by atoms with van der Waals surface area (Å²) in [4.78, 5) is 16.6. The van der Waals surface area contributed by atoms with E-state index in [1.54, 1.807) is 0 Å². The highest BCUT2D eigenvalue weighted by atomic mass is 16.6. The Bertz CT molecular complexity index is 695. The SMILES string of the molecule is CC1CN(c2nc3nonc3nc2N2CCCCCC2)CCN1C. The van der Waals surface area contributed by atoms with E-state index in [1.807, 2.05) is 0 Å². The Morgan fingerprint density at radius 2 is 1.46 bits per heavy atom. The van der Waals surface area contributed by atoms with Crippen molar-refractivity contribution in [3.05, 3.63) is 0 Å². The van der Waals surface area contributed by atoms with Crippen LogP contribution in [0, 0.1) is 0 Å². The van der Waals surface area contributed by atoms with E-state index in [9.17, 15) is 0 Å². The third-order valence-electron chi connectivity index (χ3n) is 5.24. The molecular weight excluding hydrogens is 306 g/mol. The monoisotopic (exact) mass is 331 g/mol. The molecule has 4 heterocycles. The molecule has 2 aromatic rings. The predicted octanol–water partition coefficient (Wildman–Crippen LogP) is 1.53. The minimum Gasteiger partial charge on any atom is -0.353 e. The van der Waals surface area contributed by atoms with Crippen LogP contribution in [0.4, 0.5) is 11.6 Å². The van der Waals surface area contributed by atoms with Gasteiger partial charge >= 0.3 is 0 Å². The molecule has 2 aliphatic heterocycles. The van der Waals surface area contributed by atoms with E-state index < -0.39 is 0 Å². The second-order valence-corrected chi connectivity index (χ2v) is 6.96. The number of hydrogen-bond donors (Lipinski definition) is 0. The number of nitrogens with zero attached hydrogens (tertiary/aromatic N) is 7. The Hall–Kier alpha value is -1.96. The van der Waals surface area contributed by atoms with Crippen molar-refractivity contribution in [3.8, 4) is 0 Å². The fourth-order valence-corrected chi connectivity index (χ4v) is 3.57. The van der Waals surface area contributed by atoms with Gasteiger partial charge in [-0.25, -0.2) is 14.6 Å². The van der Waals surface area contributed by atoms with Crippen LogP contribution < -0.4 is 9.80 Å². The highest BCUT2D eigenvalue weighted by molar-refractivity contribution is 5.74. The van der Waals surface area contributed by atoms with E-state index in [0.29, 0.717) is 17.3 Å². The number of aromatic nitrogens is 4. The first-order valence-electron chi connectivity index (χ1n) is 8.93. The summed E-state index contributed by atoms with van der Waals surface area (Å²) in [5.41, 5.74) is 0.996. The summed E-state index contributed by atoms with van der Waals surface area (Å²) < 4.78 is 4.84. The van der Waals surface area contributed by atoms with Crippen molar-refractivity contribution in [1.29, 1.82) is 0 Å². The molecule has 0 spiro atoms. The van der Waals surface area contributed by atoms with Gasteiger partial charge in [-0.05, 0) is 37.1 Å². The van der Waals surface area contributed by atoms with E-state index in [-0.39, 0.29) is 0 Å². The van der Waals surface area contributed by atoms with Crippen molar-refractivity contribution in [1.82, 2.24) is 25.2 Å². The molecule has 0 aliphatic carbocycles. The molecule has 0 radical (unpaired) electrons. The lowest BCUT2D eigenvalue weighted by atomic mass is 10.2. The topological polar surface area (TPSA) is 74.4 Å². The average molecular weight is 331 g/mol. The zero-order chi connectivity index (χ0) is 16.5. The third kappa shape index (κ3) is 2.90. The number of anilines is 2. The zero-order valence-electron chi connectivity index (χ0n) is 14.5. The molecule has 1 unspecified atom stereocenters. The highest BCUT2D eigenvalue weighted by Crippen LogP contribution is 2.30. The van der Waals surface area contributed by atoms with Gasteiger partial charge in [0.25, 0.3) is 0 Å². The lowest BCUT2D eigenvalue weighted by Crippen LogP contribution is -2.50. The van der Waals surface area contributed by atoms with Crippen molar-refractivity contribution in [2.75, 3.05) is 49.6 Å². The van der Waals surface area contributed by atoms with E-state index in [2.05, 4.69) is 39.0 Å². The third-order valence-corrected chi connectivity index (χ3v) is 5.24. The Balaban J connectivity index is 1.72. The Morgan fingerprint density at radius 3 is 2.08 bits per heavy atom. The van der Waals surface area contributed by atoms with Gasteiger partial charge in [-0.2, -0.15) is 0 Å². The Labute approximate surface area is 141 Å². The molecular formula is C16H25N7O. The maximum Gasteiger partial charge on any atom is 0.245 e. The van der Waals surface area contributed by atoms with Gasteiger partial charge in [-0.15, -0.1) is 0 Å². The second-order valence-electron chi connectivity index (χ2n) is 6.96. The molecule has 2 saturated heterocycles. The van der Waals surface area contributed by atoms with Crippen LogP contribution in [0.25, 0.3) is 11.3 Å². The van der Waals surface area contributed by atoms with Crippen LogP contribution in [0.15, 0.2) is 4.63 Å². The van der Waals surface area contributed by atoms with Gasteiger partial charge in [0, 0.05) is 38.8 Å². The quantitative estimate of drug-likeness (QED) is 0.820. The highest BCUT2D eigenvalue weighted by Gasteiger charge is 2.27. The summed E-state index contributed by atoms with van der Waals surface area (Å²) in [5.74, 6) is 1.87. The number of hydrogen-bond acceptors (Lipinski definition) is 8. The first-order chi connectivity index (χ1) is 11.7. The smallest absolute Gasteiger partial charge is 0.245 e. The van der Waals surface area contributed by atoms with Crippen molar-refractivity contribution in [2.24, 2.45) is 0 Å². The van der Waals surface area contributed by atoms with Crippen molar-refractivity contribution < 1.29 is 4.63 Å². The number of likely N-dealkylation sites (N-methyl/N-ethyl adjacent to an activating group) is 1. The molecule has 0 saturated carbocycles. The molecule has 2 aliphatic rings. The lowest BCUT2D eigenvalue weighted by molar-refractivity contribution is 0.233. The van der Waals surface area contributed by atoms with Gasteiger partial charge in [-0.3, -0.25) is 0 Å². The fourth-order valence-electron chi connectivity index (χ4n) is 3.57. The van der Waals surface area contributed by atoms with Crippen LogP contribution >= 0.6 is 0 Å². The first-order valence-corrected chi connectivity index (χ1v) is 8.93. The molecule has 0 aromatic carbocycles. The summed E-state index contributed by atoms with van der Waals surface area (Å²) in [7, 11) is 2.17. The standard InChI is InChI=1S/C16H25N7O/c1-12-11-23(10-9-21(12)2)16-15(22-7-5-3-4-6-8-22)17-13-14(18-16)20-24-19-13/h12H,3-11H2,1-2H3. The minimum atomic E-state index is 0.490. The van der Waals surface area contributed by atoms with Gasteiger partial charge < -0.3 is 14.7 Å². The Morgan fingerprint density at radius 1 is 0.833 bits per heavy atom. The molecule has 2 aromatic heterocycles. The van der Waals surface area contributed by atoms with E-state index in [1.165, 1.54) is 25.7 Å². The van der Waals surface area contributed by atoms with Crippen LogP contribution in [-0.4, -0.2) is 71.0 Å². The molecule has 2 fully saturated rings. The van der Waals surface area contributed by atoms with Crippen LogP contribution in [0.3, 0.4) is 0 Å². The number of fused-ring (bicyclic) bond motifs is 1. The average Bonchev–Trinajstić information content (AvgIpc) is 2.87. The van der Waals surface area contributed by atoms with Gasteiger partial charge in [0.15, 0.2) is 11.6 Å². The summed E-state index contributed by atoms with van der Waals surface area (Å²) in [6, 6.07) is 0.490. The van der Waals surface area contributed by atoms with Crippen molar-refractivity contribution in [3.63, 3.8) is 0 Å². The van der Waals surface area contributed by atoms with Crippen LogP contribution in [0.5, 0.6) is 0 Å². The van der Waals surface area contributed by atoms with E-state index >= 15 is 0 Å². The summed E-state index contributed by atoms with van der Waals surface area (Å²) >= 11 is 0. The first kappa shape index (κ1) is 15.6. The summed E-state index contributed by atoms with van der Waals surface area (Å²) in [6.45, 7) is 7.23. The fraction of sp³-hybridized carbons (Fsp3) is 0.750. The summed E-state index contributed by atoms with van der Waals surface area (Å²) in [5, 5.41) is 7.80. The molecule has 24 heavy (non-hydrogen) atoms. The van der Waals surface area contributed by atoms with Gasteiger partial charge in [0.05, 0.1) is 0 Å². The lowest BCUT2D eigenvalue weighted by Gasteiger charge is -2.39. The molecule has 4 rings (SSSR count). The van der Waals surface area contributed by atoms with Crippen LogP contribution in [0.1, 0.15) is 32.6 Å². The Kier molecular flexibility index (Phi) is 4.22. The normalized spacial score (nSPS) is 23.7. The minimum absolute atomic E-state index is 0.490. The molecule has 8 heteroatoms. The van der Waals surface area contributed by atoms with Crippen LogP contribution in [0.2, 0.25) is 0 Å². The van der Waals surface area contributed by atoms with Crippen LogP contribution in [-0.2, 0) is 0 Å². The molecule has 130 valence electrons. The molecule has 0 N–H and O–H groups in total. The predicted molar refractivity (Wildman–Crippen MR) is 92.4 cm³/mol. The van der Waals surface area contributed by atoms with E-state index in [0.717, 1.165) is 44.4 Å². The van der Waals surface area contributed by atoms with Gasteiger partial charge in [0.2, 0.25) is 11.3 Å². The number of rotatable bonds is 2.